The van der Waals surface area contributed by atoms with Gasteiger partial charge < -0.3 is 10.3 Å². The quantitative estimate of drug-likeness (QED) is 0.719. The van der Waals surface area contributed by atoms with Gasteiger partial charge in [0.25, 0.3) is 0 Å². The van der Waals surface area contributed by atoms with E-state index in [0.717, 1.165) is 43.0 Å². The van der Waals surface area contributed by atoms with Crippen LogP contribution in [0.1, 0.15) is 79.7 Å². The summed E-state index contributed by atoms with van der Waals surface area (Å²) in [4.78, 5) is 21.1. The van der Waals surface area contributed by atoms with Crippen LogP contribution in [-0.2, 0) is 13.0 Å². The van der Waals surface area contributed by atoms with Crippen LogP contribution in [0.25, 0.3) is 0 Å². The Hall–Kier alpha value is -2.71. The number of nitrogens with zero attached hydrogens (tertiary/aromatic N) is 5. The zero-order valence-electron chi connectivity index (χ0n) is 17.7. The molecule has 0 aromatic carbocycles. The van der Waals surface area contributed by atoms with Gasteiger partial charge in [0.15, 0.2) is 0 Å². The molecule has 1 aliphatic carbocycles. The van der Waals surface area contributed by atoms with Crippen molar-refractivity contribution in [2.75, 3.05) is 11.5 Å². The number of hydrogen-bond donors (Lipinski definition) is 1. The highest BCUT2D eigenvalue weighted by molar-refractivity contribution is 7.99. The monoisotopic (exact) mass is 436 g/mol. The fourth-order valence-corrected chi connectivity index (χ4v) is 5.64. The van der Waals surface area contributed by atoms with Gasteiger partial charge in [-0.25, -0.2) is 9.78 Å². The van der Waals surface area contributed by atoms with Crippen molar-refractivity contribution in [3.8, 4) is 17.9 Å². The lowest BCUT2D eigenvalue weighted by Crippen LogP contribution is -2.26. The van der Waals surface area contributed by atoms with Gasteiger partial charge in [-0.1, -0.05) is 31.1 Å². The van der Waals surface area contributed by atoms with Crippen molar-refractivity contribution in [1.29, 1.82) is 5.26 Å². The van der Waals surface area contributed by atoms with Gasteiger partial charge in [0.05, 0.1) is 29.2 Å². The number of aromatic nitrogens is 4. The van der Waals surface area contributed by atoms with E-state index in [0.29, 0.717) is 30.9 Å². The summed E-state index contributed by atoms with van der Waals surface area (Å²) in [5.41, 5.74) is 7.23. The number of rotatable bonds is 5. The maximum Gasteiger partial charge on any atom is 0.350 e. The fourth-order valence-electron chi connectivity index (χ4n) is 4.39. The highest BCUT2D eigenvalue weighted by atomic mass is 32.2. The molecule has 0 bridgehead atoms. The second-order valence-electron chi connectivity index (χ2n) is 8.21. The summed E-state index contributed by atoms with van der Waals surface area (Å²) in [6, 6.07) is 2.20. The van der Waals surface area contributed by atoms with E-state index >= 15 is 0 Å². The van der Waals surface area contributed by atoms with E-state index in [9.17, 15) is 4.79 Å². The number of imidazole rings is 1. The number of nitrogen functional groups attached to an aromatic ring is 1. The summed E-state index contributed by atoms with van der Waals surface area (Å²) in [6.45, 7) is 0.502. The molecule has 1 atom stereocenters. The fraction of sp³-hybridized carbons (Fsp3) is 0.565. The van der Waals surface area contributed by atoms with Gasteiger partial charge in [-0.05, 0) is 31.4 Å². The van der Waals surface area contributed by atoms with Gasteiger partial charge in [0, 0.05) is 31.2 Å². The van der Waals surface area contributed by atoms with E-state index in [-0.39, 0.29) is 16.9 Å². The average molecular weight is 437 g/mol. The predicted octanol–water partition coefficient (Wildman–Crippen LogP) is 3.60. The van der Waals surface area contributed by atoms with Gasteiger partial charge in [-0.2, -0.15) is 10.2 Å². The Balaban J connectivity index is 1.57. The van der Waals surface area contributed by atoms with E-state index in [1.54, 1.807) is 22.5 Å². The molecule has 2 aromatic heterocycles. The minimum Gasteiger partial charge on any atom is -0.382 e. The molecular formula is C23H28N6OS. The molecule has 162 valence electrons. The Morgan fingerprint density at radius 1 is 1.16 bits per heavy atom. The first-order valence-corrected chi connectivity index (χ1v) is 12.1. The second kappa shape index (κ2) is 10.1. The van der Waals surface area contributed by atoms with Crippen LogP contribution in [0.5, 0.6) is 0 Å². The highest BCUT2D eigenvalue weighted by Crippen LogP contribution is 2.34. The summed E-state index contributed by atoms with van der Waals surface area (Å²) in [5.74, 6) is 9.12. The van der Waals surface area contributed by atoms with Gasteiger partial charge in [-0.15, -0.1) is 11.8 Å². The third-order valence-electron chi connectivity index (χ3n) is 5.99. The number of aryl methyl sites for hydroxylation is 1. The molecule has 8 heteroatoms. The minimum absolute atomic E-state index is 0.121. The number of thioether (sulfide) groups is 1. The van der Waals surface area contributed by atoms with Crippen molar-refractivity contribution in [2.24, 2.45) is 0 Å². The standard InChI is InChI=1S/C23H28N6OS/c24-12-4-10-19-16-28(22(26-19)17-7-2-1-3-8-17)13-5-9-18-15-29(20-11-6-14-31-20)23(30)27-21(18)25/h15-17,20H,1-4,6-8,10-11,13-14H2,(H2,25,27,30)/t20-/m0/s1. The molecule has 7 nitrogen and oxygen atoms in total. The van der Waals surface area contributed by atoms with E-state index in [4.69, 9.17) is 16.0 Å². The lowest BCUT2D eigenvalue weighted by molar-refractivity contribution is 0.419. The summed E-state index contributed by atoms with van der Waals surface area (Å²) in [5, 5.41) is 9.04. The molecule has 2 aliphatic rings. The van der Waals surface area contributed by atoms with Crippen LogP contribution in [0, 0.1) is 23.2 Å². The van der Waals surface area contributed by atoms with Gasteiger partial charge in [0.1, 0.15) is 11.6 Å². The van der Waals surface area contributed by atoms with Crippen molar-refractivity contribution in [3.63, 3.8) is 0 Å². The number of anilines is 1. The number of nitrogens with two attached hydrogens (primary N) is 1. The van der Waals surface area contributed by atoms with Crippen molar-refractivity contribution in [3.05, 3.63) is 40.0 Å². The Bertz CT molecular complexity index is 1070. The molecule has 0 radical (unpaired) electrons. The van der Waals surface area contributed by atoms with Crippen LogP contribution < -0.4 is 11.4 Å². The molecule has 2 fully saturated rings. The topological polar surface area (TPSA) is 103 Å². The molecule has 2 N–H and O–H groups in total. The molecule has 4 rings (SSSR count). The van der Waals surface area contributed by atoms with Crippen molar-refractivity contribution < 1.29 is 0 Å². The van der Waals surface area contributed by atoms with Crippen LogP contribution >= 0.6 is 11.8 Å². The molecule has 0 amide bonds. The minimum atomic E-state index is -0.307. The molecule has 1 saturated heterocycles. The smallest absolute Gasteiger partial charge is 0.350 e. The summed E-state index contributed by atoms with van der Waals surface area (Å²) < 4.78 is 3.80. The van der Waals surface area contributed by atoms with Gasteiger partial charge in [-0.3, -0.25) is 4.57 Å². The Morgan fingerprint density at radius 2 is 2.00 bits per heavy atom. The molecule has 0 unspecified atom stereocenters. The van der Waals surface area contributed by atoms with Crippen LogP contribution in [-0.4, -0.2) is 24.9 Å². The zero-order chi connectivity index (χ0) is 21.6. The van der Waals surface area contributed by atoms with E-state index in [1.165, 1.54) is 19.3 Å². The Kier molecular flexibility index (Phi) is 6.99. The molecule has 2 aromatic rings. The molecule has 1 saturated carbocycles. The van der Waals surface area contributed by atoms with Gasteiger partial charge in [0.2, 0.25) is 0 Å². The van der Waals surface area contributed by atoms with E-state index in [1.807, 2.05) is 6.20 Å². The zero-order valence-corrected chi connectivity index (χ0v) is 18.5. The third-order valence-corrected chi connectivity index (χ3v) is 7.36. The molecule has 0 spiro atoms. The normalized spacial score (nSPS) is 19.0. The SMILES string of the molecule is N#CCCc1cn(CC#Cc2cn([C@@H]3CCCS3)c(=O)nc2N)c(C2CCCCC2)n1. The number of nitriles is 1. The van der Waals surface area contributed by atoms with Crippen molar-refractivity contribution >= 4 is 17.6 Å². The van der Waals surface area contributed by atoms with Crippen molar-refractivity contribution in [2.45, 2.75) is 75.6 Å². The Labute approximate surface area is 187 Å². The number of hydrogen-bond acceptors (Lipinski definition) is 6. The average Bonchev–Trinajstić information content (AvgIpc) is 3.45. The molecule has 1 aliphatic heterocycles. The summed E-state index contributed by atoms with van der Waals surface area (Å²) in [7, 11) is 0. The summed E-state index contributed by atoms with van der Waals surface area (Å²) >= 11 is 1.77. The maximum absolute atomic E-state index is 12.3. The Morgan fingerprint density at radius 3 is 2.74 bits per heavy atom. The lowest BCUT2D eigenvalue weighted by atomic mass is 9.88. The lowest BCUT2D eigenvalue weighted by Gasteiger charge is -2.21. The highest BCUT2D eigenvalue weighted by Gasteiger charge is 2.22. The van der Waals surface area contributed by atoms with E-state index in [2.05, 4.69) is 27.5 Å². The van der Waals surface area contributed by atoms with Gasteiger partial charge >= 0.3 is 5.69 Å². The largest absolute Gasteiger partial charge is 0.382 e. The van der Waals surface area contributed by atoms with Crippen molar-refractivity contribution in [1.82, 2.24) is 19.1 Å². The third kappa shape index (κ3) is 5.14. The second-order valence-corrected chi connectivity index (χ2v) is 9.50. The molecule has 31 heavy (non-hydrogen) atoms. The van der Waals surface area contributed by atoms with Crippen LogP contribution in [0.4, 0.5) is 5.82 Å². The van der Waals surface area contributed by atoms with E-state index < -0.39 is 0 Å². The first-order chi connectivity index (χ1) is 15.2. The molecular weight excluding hydrogens is 408 g/mol. The molecule has 3 heterocycles. The maximum atomic E-state index is 12.3. The first kappa shape index (κ1) is 21.5. The predicted molar refractivity (Wildman–Crippen MR) is 123 cm³/mol. The first-order valence-electron chi connectivity index (χ1n) is 11.1. The summed E-state index contributed by atoms with van der Waals surface area (Å²) in [6.07, 6.45) is 13.1. The van der Waals surface area contributed by atoms with Crippen LogP contribution in [0.2, 0.25) is 0 Å². The van der Waals surface area contributed by atoms with Crippen LogP contribution in [0.3, 0.4) is 0 Å². The van der Waals surface area contributed by atoms with Crippen LogP contribution in [0.15, 0.2) is 17.2 Å².